The minimum atomic E-state index is 0.334. The fraction of sp³-hybridized carbons (Fsp3) is 0.458. The number of fused-ring (bicyclic) bond motifs is 2. The van der Waals surface area contributed by atoms with Gasteiger partial charge in [0.2, 0.25) is 6.79 Å². The monoisotopic (exact) mass is 436 g/mol. The van der Waals surface area contributed by atoms with Crippen molar-refractivity contribution in [3.8, 4) is 11.5 Å². The number of anilines is 2. The molecule has 31 heavy (non-hydrogen) atoms. The molecule has 0 amide bonds. The van der Waals surface area contributed by atoms with Crippen LogP contribution in [-0.4, -0.2) is 50.0 Å². The summed E-state index contributed by atoms with van der Waals surface area (Å²) in [6.45, 7) is 4.65. The van der Waals surface area contributed by atoms with Gasteiger partial charge in [0.1, 0.15) is 0 Å². The zero-order valence-corrected chi connectivity index (χ0v) is 18.4. The molecule has 6 rings (SSSR count). The largest absolute Gasteiger partial charge is 0.454 e. The van der Waals surface area contributed by atoms with Crippen molar-refractivity contribution >= 4 is 32.4 Å². The van der Waals surface area contributed by atoms with Crippen molar-refractivity contribution in [2.45, 2.75) is 37.8 Å². The maximum Gasteiger partial charge on any atom is 0.231 e. The predicted molar refractivity (Wildman–Crippen MR) is 126 cm³/mol. The first-order valence-corrected chi connectivity index (χ1v) is 12.1. The van der Waals surface area contributed by atoms with Gasteiger partial charge in [0.05, 0.1) is 10.2 Å². The lowest BCUT2D eigenvalue weighted by Gasteiger charge is -2.39. The predicted octanol–water partition coefficient (Wildman–Crippen LogP) is 4.25. The van der Waals surface area contributed by atoms with Crippen LogP contribution in [0, 0.1) is 0 Å². The molecule has 3 aliphatic rings. The molecule has 162 valence electrons. The molecule has 2 aromatic carbocycles. The van der Waals surface area contributed by atoms with E-state index in [1.54, 1.807) is 0 Å². The summed E-state index contributed by atoms with van der Waals surface area (Å²) in [5.41, 5.74) is 2.36. The van der Waals surface area contributed by atoms with Gasteiger partial charge >= 0.3 is 0 Å². The van der Waals surface area contributed by atoms with Crippen LogP contribution in [0.3, 0.4) is 0 Å². The van der Waals surface area contributed by atoms with Crippen LogP contribution in [0.4, 0.5) is 10.8 Å². The van der Waals surface area contributed by atoms with Crippen molar-refractivity contribution in [3.63, 3.8) is 0 Å². The summed E-state index contributed by atoms with van der Waals surface area (Å²) in [7, 11) is 0. The smallest absolute Gasteiger partial charge is 0.231 e. The Hall–Kier alpha value is -2.51. The molecule has 6 nitrogen and oxygen atoms in total. The van der Waals surface area contributed by atoms with Crippen LogP contribution >= 0.6 is 11.3 Å². The van der Waals surface area contributed by atoms with E-state index >= 15 is 0 Å². The zero-order chi connectivity index (χ0) is 20.6. The van der Waals surface area contributed by atoms with Gasteiger partial charge in [-0.2, -0.15) is 0 Å². The van der Waals surface area contributed by atoms with E-state index in [9.17, 15) is 0 Å². The van der Waals surface area contributed by atoms with Crippen LogP contribution in [0.5, 0.6) is 11.5 Å². The molecule has 2 saturated heterocycles. The lowest BCUT2D eigenvalue weighted by Crippen LogP contribution is -2.52. The Bertz CT molecular complexity index is 1030. The fourth-order valence-electron chi connectivity index (χ4n) is 5.00. The number of para-hydroxylation sites is 1. The number of hydrogen-bond donors (Lipinski definition) is 1. The summed E-state index contributed by atoms with van der Waals surface area (Å²) in [5.74, 6) is 1.73. The highest BCUT2D eigenvalue weighted by molar-refractivity contribution is 7.22. The van der Waals surface area contributed by atoms with E-state index in [1.165, 1.54) is 41.2 Å². The third-order valence-electron chi connectivity index (χ3n) is 6.66. The average Bonchev–Trinajstić information content (AvgIpc) is 3.46. The second kappa shape index (κ2) is 8.20. The van der Waals surface area contributed by atoms with Gasteiger partial charge in [0.25, 0.3) is 0 Å². The van der Waals surface area contributed by atoms with E-state index in [0.717, 1.165) is 43.2 Å². The molecule has 3 aromatic rings. The van der Waals surface area contributed by atoms with E-state index in [2.05, 4.69) is 51.5 Å². The highest BCUT2D eigenvalue weighted by atomic mass is 32.1. The van der Waals surface area contributed by atoms with Crippen LogP contribution < -0.4 is 24.6 Å². The fourth-order valence-corrected chi connectivity index (χ4v) is 6.00. The van der Waals surface area contributed by atoms with Crippen LogP contribution in [0.1, 0.15) is 25.7 Å². The molecule has 0 bridgehead atoms. The molecule has 0 aliphatic carbocycles. The van der Waals surface area contributed by atoms with Crippen LogP contribution in [-0.2, 0) is 0 Å². The molecule has 1 aromatic heterocycles. The summed E-state index contributed by atoms with van der Waals surface area (Å²) in [4.78, 5) is 9.82. The summed E-state index contributed by atoms with van der Waals surface area (Å²) >= 11 is 1.82. The normalized spacial score (nSPS) is 21.7. The van der Waals surface area contributed by atoms with Crippen LogP contribution in [0.25, 0.3) is 10.2 Å². The number of thiazole rings is 1. The number of benzene rings is 2. The van der Waals surface area contributed by atoms with Crippen molar-refractivity contribution < 1.29 is 9.47 Å². The lowest BCUT2D eigenvalue weighted by molar-refractivity contribution is 0.174. The SMILES string of the molecule is c1ccc2sc(N3CCCC(NC4CCN(c5ccc6c(c5)OCO6)CC4)C3)nc2c1. The summed E-state index contributed by atoms with van der Waals surface area (Å²) in [5, 5.41) is 5.14. The van der Waals surface area contributed by atoms with Crippen molar-refractivity contribution in [3.05, 3.63) is 42.5 Å². The van der Waals surface area contributed by atoms with Gasteiger partial charge in [-0.3, -0.25) is 0 Å². The number of piperidine rings is 2. The van der Waals surface area contributed by atoms with E-state index in [4.69, 9.17) is 14.5 Å². The van der Waals surface area contributed by atoms with Crippen molar-refractivity contribution in [1.29, 1.82) is 0 Å². The quantitative estimate of drug-likeness (QED) is 0.660. The first-order valence-electron chi connectivity index (χ1n) is 11.3. The second-order valence-corrected chi connectivity index (χ2v) is 9.72. The molecule has 0 saturated carbocycles. The molecule has 7 heteroatoms. The molecule has 1 atom stereocenters. The number of rotatable bonds is 4. The number of aromatic nitrogens is 1. The van der Waals surface area contributed by atoms with Crippen LogP contribution in [0.15, 0.2) is 42.5 Å². The van der Waals surface area contributed by atoms with E-state index in [1.807, 2.05) is 17.4 Å². The van der Waals surface area contributed by atoms with Gasteiger partial charge in [-0.05, 0) is 49.9 Å². The minimum Gasteiger partial charge on any atom is -0.454 e. The van der Waals surface area contributed by atoms with Gasteiger partial charge in [0, 0.05) is 50.0 Å². The Morgan fingerprint density at radius 3 is 2.68 bits per heavy atom. The molecule has 0 spiro atoms. The third-order valence-corrected chi connectivity index (χ3v) is 7.76. The maximum absolute atomic E-state index is 5.55. The highest BCUT2D eigenvalue weighted by Crippen LogP contribution is 2.36. The van der Waals surface area contributed by atoms with E-state index < -0.39 is 0 Å². The summed E-state index contributed by atoms with van der Waals surface area (Å²) in [6, 6.07) is 15.9. The topological polar surface area (TPSA) is 49.9 Å². The minimum absolute atomic E-state index is 0.334. The zero-order valence-electron chi connectivity index (χ0n) is 17.6. The van der Waals surface area contributed by atoms with Crippen molar-refractivity contribution in [1.82, 2.24) is 10.3 Å². The Morgan fingerprint density at radius 2 is 1.77 bits per heavy atom. The molecule has 1 N–H and O–H groups in total. The van der Waals surface area contributed by atoms with Crippen LogP contribution in [0.2, 0.25) is 0 Å². The molecule has 1 unspecified atom stereocenters. The average molecular weight is 437 g/mol. The first-order chi connectivity index (χ1) is 15.3. The van der Waals surface area contributed by atoms with Gasteiger partial charge in [-0.1, -0.05) is 23.5 Å². The number of hydrogen-bond acceptors (Lipinski definition) is 7. The van der Waals surface area contributed by atoms with Gasteiger partial charge < -0.3 is 24.6 Å². The molecule has 3 aliphatic heterocycles. The molecular formula is C24H28N4O2S. The number of nitrogens with zero attached hydrogens (tertiary/aromatic N) is 3. The highest BCUT2D eigenvalue weighted by Gasteiger charge is 2.27. The number of nitrogens with one attached hydrogen (secondary N) is 1. The third kappa shape index (κ3) is 3.92. The standard InChI is InChI=1S/C24H28N4O2S/c1-2-6-23-20(5-1)26-24(31-23)28-11-3-4-18(15-28)25-17-9-12-27(13-10-17)19-7-8-21-22(14-19)30-16-29-21/h1-2,5-8,14,17-18,25H,3-4,9-13,15-16H2. The molecule has 0 radical (unpaired) electrons. The van der Waals surface area contributed by atoms with E-state index in [-0.39, 0.29) is 0 Å². The van der Waals surface area contributed by atoms with Gasteiger partial charge in [-0.25, -0.2) is 4.98 Å². The van der Waals surface area contributed by atoms with Gasteiger partial charge in [-0.15, -0.1) is 0 Å². The Morgan fingerprint density at radius 1 is 0.903 bits per heavy atom. The number of ether oxygens (including phenoxy) is 2. The first kappa shape index (κ1) is 19.2. The van der Waals surface area contributed by atoms with Crippen molar-refractivity contribution in [2.24, 2.45) is 0 Å². The second-order valence-electron chi connectivity index (χ2n) is 8.71. The van der Waals surface area contributed by atoms with Crippen molar-refractivity contribution in [2.75, 3.05) is 42.8 Å². The van der Waals surface area contributed by atoms with Gasteiger partial charge in [0.15, 0.2) is 16.6 Å². The summed E-state index contributed by atoms with van der Waals surface area (Å²) in [6.07, 6.45) is 4.82. The Balaban J connectivity index is 1.05. The Kier molecular flexibility index (Phi) is 5.08. The molecule has 2 fully saturated rings. The molecule has 4 heterocycles. The molecular weight excluding hydrogens is 408 g/mol. The van der Waals surface area contributed by atoms with E-state index in [0.29, 0.717) is 18.9 Å². The Labute approximate surface area is 186 Å². The maximum atomic E-state index is 5.55. The summed E-state index contributed by atoms with van der Waals surface area (Å²) < 4.78 is 12.3. The lowest BCUT2D eigenvalue weighted by atomic mass is 10.00.